The molecular formula is C11H17ClN2. The van der Waals surface area contributed by atoms with Crippen LogP contribution >= 0.6 is 11.6 Å². The highest BCUT2D eigenvalue weighted by Gasteiger charge is 2.23. The van der Waals surface area contributed by atoms with Gasteiger partial charge in [0.2, 0.25) is 0 Å². The average molecular weight is 213 g/mol. The van der Waals surface area contributed by atoms with Crippen molar-refractivity contribution in [2.45, 2.75) is 26.8 Å². The standard InChI is InChI=1S/C11H17ClN2/c1-11(2,3)10(14)8-5-4-7(13)6-9(8)12/h4-6,10H,13-14H2,1-3H3/t10-/m1/s1. The first-order valence-electron chi connectivity index (χ1n) is 4.63. The fraction of sp³-hybridized carbons (Fsp3) is 0.455. The summed E-state index contributed by atoms with van der Waals surface area (Å²) in [5, 5.41) is 0.646. The van der Waals surface area contributed by atoms with E-state index in [9.17, 15) is 0 Å². The van der Waals surface area contributed by atoms with Crippen molar-refractivity contribution in [2.75, 3.05) is 5.73 Å². The molecule has 2 nitrogen and oxygen atoms in total. The van der Waals surface area contributed by atoms with Gasteiger partial charge >= 0.3 is 0 Å². The molecule has 1 atom stereocenters. The largest absolute Gasteiger partial charge is 0.399 e. The zero-order valence-electron chi connectivity index (χ0n) is 8.84. The van der Waals surface area contributed by atoms with Crippen molar-refractivity contribution in [3.05, 3.63) is 28.8 Å². The molecule has 0 unspecified atom stereocenters. The number of benzene rings is 1. The second kappa shape index (κ2) is 3.79. The van der Waals surface area contributed by atoms with E-state index in [1.165, 1.54) is 0 Å². The number of hydrogen-bond donors (Lipinski definition) is 2. The van der Waals surface area contributed by atoms with Gasteiger partial charge in [0, 0.05) is 16.8 Å². The number of hydrogen-bond acceptors (Lipinski definition) is 2. The van der Waals surface area contributed by atoms with Gasteiger partial charge in [0.15, 0.2) is 0 Å². The second-order valence-corrected chi connectivity index (χ2v) is 5.03. The summed E-state index contributed by atoms with van der Waals surface area (Å²) in [7, 11) is 0. The molecule has 1 aromatic carbocycles. The predicted octanol–water partition coefficient (Wildman–Crippen LogP) is 2.97. The van der Waals surface area contributed by atoms with Crippen molar-refractivity contribution >= 4 is 17.3 Å². The third kappa shape index (κ3) is 2.40. The van der Waals surface area contributed by atoms with Crippen molar-refractivity contribution in [3.8, 4) is 0 Å². The molecule has 0 bridgehead atoms. The summed E-state index contributed by atoms with van der Waals surface area (Å²) in [5.41, 5.74) is 13.3. The summed E-state index contributed by atoms with van der Waals surface area (Å²) in [5.74, 6) is 0. The zero-order valence-corrected chi connectivity index (χ0v) is 9.60. The summed E-state index contributed by atoms with van der Waals surface area (Å²) in [6, 6.07) is 5.39. The Morgan fingerprint density at radius 3 is 2.29 bits per heavy atom. The van der Waals surface area contributed by atoms with E-state index in [4.69, 9.17) is 23.1 Å². The van der Waals surface area contributed by atoms with Gasteiger partial charge in [0.05, 0.1) is 0 Å². The topological polar surface area (TPSA) is 52.0 Å². The molecule has 0 spiro atoms. The molecule has 0 amide bonds. The Morgan fingerprint density at radius 2 is 1.86 bits per heavy atom. The highest BCUT2D eigenvalue weighted by molar-refractivity contribution is 6.31. The van der Waals surface area contributed by atoms with Crippen molar-refractivity contribution in [1.82, 2.24) is 0 Å². The number of nitrogen functional groups attached to an aromatic ring is 1. The summed E-state index contributed by atoms with van der Waals surface area (Å²) in [6.07, 6.45) is 0. The lowest BCUT2D eigenvalue weighted by molar-refractivity contribution is 0.327. The minimum atomic E-state index is -0.0735. The van der Waals surface area contributed by atoms with Crippen molar-refractivity contribution in [1.29, 1.82) is 0 Å². The van der Waals surface area contributed by atoms with E-state index >= 15 is 0 Å². The van der Waals surface area contributed by atoms with E-state index in [1.54, 1.807) is 6.07 Å². The minimum absolute atomic E-state index is 0.000243. The average Bonchev–Trinajstić information content (AvgIpc) is 2.01. The van der Waals surface area contributed by atoms with E-state index in [0.717, 1.165) is 5.56 Å². The van der Waals surface area contributed by atoms with Crippen molar-refractivity contribution in [3.63, 3.8) is 0 Å². The van der Waals surface area contributed by atoms with Crippen LogP contribution in [0, 0.1) is 5.41 Å². The van der Waals surface area contributed by atoms with E-state index in [0.29, 0.717) is 10.7 Å². The van der Waals surface area contributed by atoms with Gasteiger partial charge in [-0.15, -0.1) is 0 Å². The Bertz CT molecular complexity index is 329. The van der Waals surface area contributed by atoms with Crippen LogP contribution in [0.1, 0.15) is 32.4 Å². The predicted molar refractivity (Wildman–Crippen MR) is 62.2 cm³/mol. The molecule has 1 rings (SSSR count). The molecule has 0 aliphatic carbocycles. The fourth-order valence-electron chi connectivity index (χ4n) is 1.26. The molecule has 0 aromatic heterocycles. The van der Waals surface area contributed by atoms with Crippen molar-refractivity contribution < 1.29 is 0 Å². The van der Waals surface area contributed by atoms with Crippen LogP contribution in [0.3, 0.4) is 0 Å². The second-order valence-electron chi connectivity index (χ2n) is 4.62. The Balaban J connectivity index is 3.08. The summed E-state index contributed by atoms with van der Waals surface area (Å²) in [4.78, 5) is 0. The van der Waals surface area contributed by atoms with E-state index in [1.807, 2.05) is 12.1 Å². The summed E-state index contributed by atoms with van der Waals surface area (Å²) >= 11 is 6.07. The third-order valence-corrected chi connectivity index (χ3v) is 2.62. The monoisotopic (exact) mass is 212 g/mol. The molecule has 0 aliphatic rings. The Kier molecular flexibility index (Phi) is 3.07. The smallest absolute Gasteiger partial charge is 0.0474 e. The van der Waals surface area contributed by atoms with Gasteiger partial charge in [-0.25, -0.2) is 0 Å². The van der Waals surface area contributed by atoms with Crippen LogP contribution in [0.25, 0.3) is 0 Å². The van der Waals surface area contributed by atoms with Crippen LogP contribution in [0.15, 0.2) is 18.2 Å². The van der Waals surface area contributed by atoms with Crippen LogP contribution in [0.2, 0.25) is 5.02 Å². The molecule has 4 N–H and O–H groups in total. The first-order chi connectivity index (χ1) is 6.32. The number of halogens is 1. The Morgan fingerprint density at radius 1 is 1.29 bits per heavy atom. The fourth-order valence-corrected chi connectivity index (χ4v) is 1.57. The molecule has 0 aliphatic heterocycles. The van der Waals surface area contributed by atoms with Gasteiger partial charge in [0.1, 0.15) is 0 Å². The summed E-state index contributed by atoms with van der Waals surface area (Å²) < 4.78 is 0. The lowest BCUT2D eigenvalue weighted by Crippen LogP contribution is -2.26. The van der Waals surface area contributed by atoms with Crippen LogP contribution in [-0.2, 0) is 0 Å². The molecule has 0 radical (unpaired) electrons. The highest BCUT2D eigenvalue weighted by Crippen LogP contribution is 2.34. The number of nitrogens with two attached hydrogens (primary N) is 2. The van der Waals surface area contributed by atoms with Crippen LogP contribution in [-0.4, -0.2) is 0 Å². The van der Waals surface area contributed by atoms with Crippen LogP contribution in [0.4, 0.5) is 5.69 Å². The van der Waals surface area contributed by atoms with Crippen LogP contribution in [0.5, 0.6) is 0 Å². The maximum absolute atomic E-state index is 6.10. The Labute approximate surface area is 90.2 Å². The first-order valence-corrected chi connectivity index (χ1v) is 5.00. The van der Waals surface area contributed by atoms with E-state index < -0.39 is 0 Å². The van der Waals surface area contributed by atoms with E-state index in [-0.39, 0.29) is 11.5 Å². The van der Waals surface area contributed by atoms with Crippen LogP contribution < -0.4 is 11.5 Å². The van der Waals surface area contributed by atoms with Gasteiger partial charge in [-0.05, 0) is 23.1 Å². The molecule has 1 aromatic rings. The molecule has 14 heavy (non-hydrogen) atoms. The normalized spacial score (nSPS) is 14.1. The van der Waals surface area contributed by atoms with Gasteiger partial charge in [0.25, 0.3) is 0 Å². The first kappa shape index (κ1) is 11.3. The molecule has 3 heteroatoms. The number of anilines is 1. The molecule has 0 fully saturated rings. The molecule has 0 heterocycles. The minimum Gasteiger partial charge on any atom is -0.399 e. The Hall–Kier alpha value is -0.730. The summed E-state index contributed by atoms with van der Waals surface area (Å²) in [6.45, 7) is 6.26. The highest BCUT2D eigenvalue weighted by atomic mass is 35.5. The molecule has 0 saturated carbocycles. The van der Waals surface area contributed by atoms with E-state index in [2.05, 4.69) is 20.8 Å². The molecule has 78 valence electrons. The third-order valence-electron chi connectivity index (χ3n) is 2.29. The SMILES string of the molecule is CC(C)(C)[C@H](N)c1ccc(N)cc1Cl. The maximum Gasteiger partial charge on any atom is 0.0474 e. The van der Waals surface area contributed by atoms with Gasteiger partial charge in [-0.1, -0.05) is 38.4 Å². The zero-order chi connectivity index (χ0) is 10.9. The number of rotatable bonds is 1. The van der Waals surface area contributed by atoms with Gasteiger partial charge in [-0.2, -0.15) is 0 Å². The lowest BCUT2D eigenvalue weighted by Gasteiger charge is -2.28. The maximum atomic E-state index is 6.10. The molecule has 0 saturated heterocycles. The quantitative estimate of drug-likeness (QED) is 0.704. The van der Waals surface area contributed by atoms with Crippen molar-refractivity contribution in [2.24, 2.45) is 11.1 Å². The lowest BCUT2D eigenvalue weighted by atomic mass is 9.83. The van der Waals surface area contributed by atoms with Gasteiger partial charge < -0.3 is 11.5 Å². The van der Waals surface area contributed by atoms with Gasteiger partial charge in [-0.3, -0.25) is 0 Å². The molecular weight excluding hydrogens is 196 g/mol.